The second-order valence-electron chi connectivity index (χ2n) is 6.17. The summed E-state index contributed by atoms with van der Waals surface area (Å²) in [7, 11) is 0. The van der Waals surface area contributed by atoms with E-state index in [0.717, 1.165) is 42.7 Å². The minimum Gasteiger partial charge on any atom is -0.390 e. The molecule has 3 rings (SSSR count). The number of imidazole rings is 1. The maximum atomic E-state index is 9.90. The fourth-order valence-electron chi connectivity index (χ4n) is 2.89. The number of nitrogens with zero attached hydrogens (tertiary/aromatic N) is 4. The molecule has 1 saturated heterocycles. The number of hydrogen-bond donors (Lipinski definition) is 2. The van der Waals surface area contributed by atoms with E-state index in [-0.39, 0.29) is 6.61 Å². The second-order valence-corrected chi connectivity index (χ2v) is 7.04. The third-order valence-corrected chi connectivity index (χ3v) is 4.53. The summed E-state index contributed by atoms with van der Waals surface area (Å²) in [6, 6.07) is 0. The van der Waals surface area contributed by atoms with Crippen molar-refractivity contribution in [2.45, 2.75) is 26.1 Å². The quantitative estimate of drug-likeness (QED) is 0.874. The maximum absolute atomic E-state index is 9.90. The summed E-state index contributed by atoms with van der Waals surface area (Å²) in [4.78, 5) is 10.1. The van der Waals surface area contributed by atoms with Crippen LogP contribution in [0.5, 0.6) is 0 Å². The van der Waals surface area contributed by atoms with Gasteiger partial charge in [-0.1, -0.05) is 0 Å². The van der Waals surface area contributed by atoms with E-state index in [2.05, 4.69) is 14.8 Å². The van der Waals surface area contributed by atoms with Crippen LogP contribution in [0.3, 0.4) is 0 Å². The van der Waals surface area contributed by atoms with Gasteiger partial charge < -0.3 is 15.1 Å². The molecule has 6 nitrogen and oxygen atoms in total. The zero-order valence-corrected chi connectivity index (χ0v) is 13.3. The Morgan fingerprint density at radius 1 is 1.29 bits per heavy atom. The lowest BCUT2D eigenvalue weighted by atomic mass is 10.1. The van der Waals surface area contributed by atoms with Crippen molar-refractivity contribution in [3.05, 3.63) is 17.3 Å². The van der Waals surface area contributed by atoms with Crippen molar-refractivity contribution in [2.75, 3.05) is 37.6 Å². The van der Waals surface area contributed by atoms with Gasteiger partial charge in [-0.05, 0) is 13.8 Å². The highest BCUT2D eigenvalue weighted by Gasteiger charge is 2.25. The first kappa shape index (κ1) is 14.8. The molecule has 0 atom stereocenters. The highest BCUT2D eigenvalue weighted by atomic mass is 32.1. The predicted octanol–water partition coefficient (Wildman–Crippen LogP) is 0.781. The Kier molecular flexibility index (Phi) is 3.92. The van der Waals surface area contributed by atoms with Gasteiger partial charge in [-0.2, -0.15) is 0 Å². The van der Waals surface area contributed by atoms with E-state index in [0.29, 0.717) is 6.54 Å². The Labute approximate surface area is 128 Å². The van der Waals surface area contributed by atoms with E-state index >= 15 is 0 Å². The number of thiazole rings is 1. The first-order chi connectivity index (χ1) is 9.98. The molecule has 1 aliphatic rings. The van der Waals surface area contributed by atoms with Gasteiger partial charge in [-0.3, -0.25) is 9.30 Å². The third kappa shape index (κ3) is 3.06. The van der Waals surface area contributed by atoms with Crippen LogP contribution < -0.4 is 4.90 Å². The zero-order chi connectivity index (χ0) is 15.0. The molecule has 116 valence electrons. The minimum atomic E-state index is -0.657. The van der Waals surface area contributed by atoms with Crippen LogP contribution in [0.1, 0.15) is 19.5 Å². The van der Waals surface area contributed by atoms with Crippen LogP contribution in [0.15, 0.2) is 11.6 Å². The molecule has 0 bridgehead atoms. The largest absolute Gasteiger partial charge is 0.390 e. The van der Waals surface area contributed by atoms with Gasteiger partial charge in [0.15, 0.2) is 10.8 Å². The van der Waals surface area contributed by atoms with Crippen molar-refractivity contribution in [1.82, 2.24) is 14.3 Å². The standard InChI is InChI=1S/C14H22N4O2S/c1-14(2,20)10-16-3-5-17(6-4-16)12-11(9-19)18-7-8-21-13(18)15-12/h7-8,19-20H,3-6,9-10H2,1-2H3. The molecule has 0 radical (unpaired) electrons. The van der Waals surface area contributed by atoms with Crippen LogP contribution >= 0.6 is 11.3 Å². The van der Waals surface area contributed by atoms with Gasteiger partial charge in [0.25, 0.3) is 0 Å². The fourth-order valence-corrected chi connectivity index (χ4v) is 3.61. The first-order valence-corrected chi connectivity index (χ1v) is 8.11. The van der Waals surface area contributed by atoms with Gasteiger partial charge in [-0.25, -0.2) is 4.98 Å². The van der Waals surface area contributed by atoms with Gasteiger partial charge in [0, 0.05) is 44.3 Å². The number of aliphatic hydroxyl groups is 2. The SMILES string of the molecule is CC(C)(O)CN1CCN(c2nc3sccn3c2CO)CC1. The van der Waals surface area contributed by atoms with Gasteiger partial charge in [0.1, 0.15) is 0 Å². The number of aliphatic hydroxyl groups excluding tert-OH is 1. The summed E-state index contributed by atoms with van der Waals surface area (Å²) in [5.41, 5.74) is 0.206. The number of piperazine rings is 1. The minimum absolute atomic E-state index is 0.00286. The molecule has 0 aliphatic carbocycles. The van der Waals surface area contributed by atoms with E-state index in [4.69, 9.17) is 0 Å². The normalized spacial score (nSPS) is 17.8. The highest BCUT2D eigenvalue weighted by molar-refractivity contribution is 7.15. The molecular weight excluding hydrogens is 288 g/mol. The van der Waals surface area contributed by atoms with Gasteiger partial charge in [0.05, 0.1) is 17.9 Å². The number of rotatable bonds is 4. The van der Waals surface area contributed by atoms with Gasteiger partial charge >= 0.3 is 0 Å². The first-order valence-electron chi connectivity index (χ1n) is 7.23. The maximum Gasteiger partial charge on any atom is 0.195 e. The monoisotopic (exact) mass is 310 g/mol. The summed E-state index contributed by atoms with van der Waals surface area (Å²) in [6.07, 6.45) is 1.95. The van der Waals surface area contributed by atoms with E-state index in [1.807, 2.05) is 29.8 Å². The molecular formula is C14H22N4O2S. The molecule has 21 heavy (non-hydrogen) atoms. The summed E-state index contributed by atoms with van der Waals surface area (Å²) in [6.45, 7) is 7.91. The molecule has 0 aromatic carbocycles. The van der Waals surface area contributed by atoms with Crippen molar-refractivity contribution >= 4 is 22.1 Å². The van der Waals surface area contributed by atoms with Crippen LogP contribution in [-0.4, -0.2) is 62.8 Å². The lowest BCUT2D eigenvalue weighted by molar-refractivity contribution is 0.0344. The molecule has 2 N–H and O–H groups in total. The number of fused-ring (bicyclic) bond motifs is 1. The zero-order valence-electron chi connectivity index (χ0n) is 12.5. The number of anilines is 1. The Bertz CT molecular complexity index is 608. The van der Waals surface area contributed by atoms with Crippen LogP contribution in [0.4, 0.5) is 5.82 Å². The van der Waals surface area contributed by atoms with Crippen LogP contribution in [0.25, 0.3) is 4.96 Å². The van der Waals surface area contributed by atoms with E-state index in [1.165, 1.54) is 0 Å². The molecule has 0 spiro atoms. The van der Waals surface area contributed by atoms with E-state index in [9.17, 15) is 10.2 Å². The van der Waals surface area contributed by atoms with Crippen molar-refractivity contribution < 1.29 is 10.2 Å². The van der Waals surface area contributed by atoms with Crippen molar-refractivity contribution in [3.8, 4) is 0 Å². The van der Waals surface area contributed by atoms with Crippen molar-refractivity contribution in [3.63, 3.8) is 0 Å². The Balaban J connectivity index is 1.72. The molecule has 0 saturated carbocycles. The molecule has 2 aromatic rings. The van der Waals surface area contributed by atoms with E-state index < -0.39 is 5.60 Å². The van der Waals surface area contributed by atoms with Crippen molar-refractivity contribution in [2.24, 2.45) is 0 Å². The molecule has 0 unspecified atom stereocenters. The van der Waals surface area contributed by atoms with E-state index in [1.54, 1.807) is 11.3 Å². The Morgan fingerprint density at radius 2 is 2.00 bits per heavy atom. The lowest BCUT2D eigenvalue weighted by Crippen LogP contribution is -2.50. The lowest BCUT2D eigenvalue weighted by Gasteiger charge is -2.37. The Hall–Kier alpha value is -1.15. The van der Waals surface area contributed by atoms with Gasteiger partial charge in [0.2, 0.25) is 0 Å². The fraction of sp³-hybridized carbons (Fsp3) is 0.643. The summed E-state index contributed by atoms with van der Waals surface area (Å²) in [5.74, 6) is 0.896. The third-order valence-electron chi connectivity index (χ3n) is 3.77. The molecule has 2 aromatic heterocycles. The molecule has 1 fully saturated rings. The smallest absolute Gasteiger partial charge is 0.195 e. The molecule has 3 heterocycles. The van der Waals surface area contributed by atoms with Crippen LogP contribution in [0.2, 0.25) is 0 Å². The average Bonchev–Trinajstić information content (AvgIpc) is 2.97. The number of β-amino-alcohol motifs (C(OH)–C–C–N with tert-alkyl or cyclic N) is 1. The summed E-state index contributed by atoms with van der Waals surface area (Å²) < 4.78 is 1.96. The second kappa shape index (κ2) is 5.57. The summed E-state index contributed by atoms with van der Waals surface area (Å²) >= 11 is 1.58. The molecule has 1 aliphatic heterocycles. The van der Waals surface area contributed by atoms with Crippen LogP contribution in [-0.2, 0) is 6.61 Å². The molecule has 0 amide bonds. The van der Waals surface area contributed by atoms with Crippen LogP contribution in [0, 0.1) is 0 Å². The van der Waals surface area contributed by atoms with Gasteiger partial charge in [-0.15, -0.1) is 11.3 Å². The molecule has 7 heteroatoms. The van der Waals surface area contributed by atoms with Crippen molar-refractivity contribution in [1.29, 1.82) is 0 Å². The highest BCUT2D eigenvalue weighted by Crippen LogP contribution is 2.25. The Morgan fingerprint density at radius 3 is 2.62 bits per heavy atom. The summed E-state index contributed by atoms with van der Waals surface area (Å²) in [5, 5.41) is 21.5. The average molecular weight is 310 g/mol. The number of hydrogen-bond acceptors (Lipinski definition) is 6. The predicted molar refractivity (Wildman–Crippen MR) is 83.9 cm³/mol. The topological polar surface area (TPSA) is 64.2 Å². The number of aromatic nitrogens is 2.